The number of halogens is 2. The van der Waals surface area contributed by atoms with Crippen LogP contribution in [0.2, 0.25) is 5.02 Å². The lowest BCUT2D eigenvalue weighted by molar-refractivity contribution is -0.142. The zero-order chi connectivity index (χ0) is 21.6. The molecule has 0 saturated heterocycles. The summed E-state index contributed by atoms with van der Waals surface area (Å²) in [6.07, 6.45) is 0. The van der Waals surface area contributed by atoms with Gasteiger partial charge in [-0.3, -0.25) is 9.59 Å². The maximum atomic E-state index is 12.9. The average Bonchev–Trinajstić information content (AvgIpc) is 2.70. The molecule has 2 aromatic carbocycles. The van der Waals surface area contributed by atoms with E-state index in [0.717, 1.165) is 10.0 Å². The Hall–Kier alpha value is -2.05. The predicted octanol–water partition coefficient (Wildman–Crippen LogP) is 4.77. The van der Waals surface area contributed by atoms with Crippen molar-refractivity contribution in [3.05, 3.63) is 63.1 Å². The summed E-state index contributed by atoms with van der Waals surface area (Å²) in [6.45, 7) is 5.92. The van der Waals surface area contributed by atoms with Crippen molar-refractivity contribution >= 4 is 39.3 Å². The first-order valence-electron chi connectivity index (χ1n) is 9.41. The second-order valence-corrected chi connectivity index (χ2v) is 8.30. The molecule has 2 aromatic rings. The van der Waals surface area contributed by atoms with Crippen molar-refractivity contribution in [2.45, 2.75) is 39.3 Å². The van der Waals surface area contributed by atoms with E-state index in [1.807, 2.05) is 36.4 Å². The number of carbonyl (C=O) groups excluding carboxylic acids is 2. The summed E-state index contributed by atoms with van der Waals surface area (Å²) in [6, 6.07) is 12.4. The zero-order valence-corrected chi connectivity index (χ0v) is 19.4. The van der Waals surface area contributed by atoms with Crippen molar-refractivity contribution in [1.29, 1.82) is 0 Å². The summed E-state index contributed by atoms with van der Waals surface area (Å²) in [5.41, 5.74) is 1.94. The Bertz CT molecular complexity index is 873. The second kappa shape index (κ2) is 10.6. The molecule has 0 aliphatic heterocycles. The molecule has 29 heavy (non-hydrogen) atoms. The summed E-state index contributed by atoms with van der Waals surface area (Å²) >= 11 is 9.75. The van der Waals surface area contributed by atoms with Gasteiger partial charge in [-0.05, 0) is 58.1 Å². The number of amides is 2. The van der Waals surface area contributed by atoms with Gasteiger partial charge >= 0.3 is 0 Å². The SMILES string of the molecule is CNC(=O)[C@H](C)N(Cc1ccccc1Cl)C(=O)COc1ccc(C(C)C)cc1Br. The van der Waals surface area contributed by atoms with Crippen molar-refractivity contribution in [2.75, 3.05) is 13.7 Å². The van der Waals surface area contributed by atoms with E-state index in [1.165, 1.54) is 10.5 Å². The number of hydrogen-bond acceptors (Lipinski definition) is 3. The molecule has 0 bridgehead atoms. The number of hydrogen-bond donors (Lipinski definition) is 1. The Morgan fingerprint density at radius 2 is 1.86 bits per heavy atom. The minimum absolute atomic E-state index is 0.189. The third-order valence-electron chi connectivity index (χ3n) is 4.69. The molecule has 0 saturated carbocycles. The van der Waals surface area contributed by atoms with Crippen LogP contribution >= 0.6 is 27.5 Å². The molecule has 0 fully saturated rings. The van der Waals surface area contributed by atoms with E-state index >= 15 is 0 Å². The monoisotopic (exact) mass is 480 g/mol. The van der Waals surface area contributed by atoms with E-state index in [-0.39, 0.29) is 25.0 Å². The van der Waals surface area contributed by atoms with Gasteiger partial charge in [0, 0.05) is 18.6 Å². The molecule has 0 spiro atoms. The van der Waals surface area contributed by atoms with E-state index < -0.39 is 6.04 Å². The van der Waals surface area contributed by atoms with Crippen LogP contribution in [-0.4, -0.2) is 36.4 Å². The molecule has 7 heteroatoms. The molecule has 0 unspecified atom stereocenters. The maximum absolute atomic E-state index is 12.9. The standard InChI is InChI=1S/C22H26BrClN2O3/c1-14(2)16-9-10-20(18(23)11-16)29-13-21(27)26(15(3)22(28)25-4)12-17-7-5-6-8-19(17)24/h5-11,14-15H,12-13H2,1-4H3,(H,25,28)/t15-/m0/s1. The van der Waals surface area contributed by atoms with Gasteiger partial charge in [-0.25, -0.2) is 0 Å². The first-order chi connectivity index (χ1) is 13.7. The van der Waals surface area contributed by atoms with Crippen LogP contribution in [0.4, 0.5) is 0 Å². The minimum Gasteiger partial charge on any atom is -0.483 e. The van der Waals surface area contributed by atoms with Gasteiger partial charge in [0.1, 0.15) is 11.8 Å². The molecule has 0 aliphatic carbocycles. The second-order valence-electron chi connectivity index (χ2n) is 7.04. The number of nitrogens with one attached hydrogen (secondary N) is 1. The Labute approximate surface area is 185 Å². The van der Waals surface area contributed by atoms with Crippen molar-refractivity contribution in [3.63, 3.8) is 0 Å². The molecule has 1 N–H and O–H groups in total. The Morgan fingerprint density at radius 3 is 2.45 bits per heavy atom. The zero-order valence-electron chi connectivity index (χ0n) is 17.0. The van der Waals surface area contributed by atoms with Gasteiger partial charge in [0.2, 0.25) is 5.91 Å². The molecule has 156 valence electrons. The van der Waals surface area contributed by atoms with Crippen molar-refractivity contribution in [3.8, 4) is 5.75 Å². The molecule has 0 aliphatic rings. The highest BCUT2D eigenvalue weighted by Gasteiger charge is 2.26. The van der Waals surface area contributed by atoms with E-state index in [1.54, 1.807) is 20.0 Å². The molecular formula is C22H26BrClN2O3. The van der Waals surface area contributed by atoms with Crippen LogP contribution in [0.3, 0.4) is 0 Å². The molecule has 2 rings (SSSR count). The highest BCUT2D eigenvalue weighted by atomic mass is 79.9. The lowest BCUT2D eigenvalue weighted by atomic mass is 10.0. The Morgan fingerprint density at radius 1 is 1.17 bits per heavy atom. The topological polar surface area (TPSA) is 58.6 Å². The first-order valence-corrected chi connectivity index (χ1v) is 10.6. The number of rotatable bonds is 8. The number of likely N-dealkylation sites (N-methyl/N-ethyl adjacent to an activating group) is 1. The van der Waals surface area contributed by atoms with Crippen molar-refractivity contribution < 1.29 is 14.3 Å². The van der Waals surface area contributed by atoms with Crippen LogP contribution in [0.15, 0.2) is 46.9 Å². The molecule has 0 aromatic heterocycles. The highest BCUT2D eigenvalue weighted by molar-refractivity contribution is 9.10. The number of benzene rings is 2. The third-order valence-corrected chi connectivity index (χ3v) is 5.67. The summed E-state index contributed by atoms with van der Waals surface area (Å²) in [7, 11) is 1.54. The lowest BCUT2D eigenvalue weighted by Crippen LogP contribution is -2.48. The number of ether oxygens (including phenoxy) is 1. The van der Waals surface area contributed by atoms with E-state index in [0.29, 0.717) is 16.7 Å². The molecule has 0 radical (unpaired) electrons. The van der Waals surface area contributed by atoms with E-state index in [2.05, 4.69) is 35.1 Å². The normalized spacial score (nSPS) is 11.8. The molecule has 1 atom stereocenters. The highest BCUT2D eigenvalue weighted by Crippen LogP contribution is 2.29. The smallest absolute Gasteiger partial charge is 0.261 e. The van der Waals surface area contributed by atoms with Gasteiger partial charge < -0.3 is 15.0 Å². The Balaban J connectivity index is 2.17. The third kappa shape index (κ3) is 6.21. The van der Waals surface area contributed by atoms with Crippen LogP contribution in [0.5, 0.6) is 5.75 Å². The van der Waals surface area contributed by atoms with Gasteiger partial charge in [-0.1, -0.05) is 49.7 Å². The van der Waals surface area contributed by atoms with E-state index in [4.69, 9.17) is 16.3 Å². The maximum Gasteiger partial charge on any atom is 0.261 e. The molecular weight excluding hydrogens is 456 g/mol. The fourth-order valence-electron chi connectivity index (χ4n) is 2.82. The van der Waals surface area contributed by atoms with Gasteiger partial charge in [0.25, 0.3) is 5.91 Å². The fraction of sp³-hybridized carbons (Fsp3) is 0.364. The van der Waals surface area contributed by atoms with Gasteiger partial charge in [0.15, 0.2) is 6.61 Å². The summed E-state index contributed by atoms with van der Waals surface area (Å²) in [5.74, 6) is 0.406. The van der Waals surface area contributed by atoms with Crippen LogP contribution in [0.25, 0.3) is 0 Å². The summed E-state index contributed by atoms with van der Waals surface area (Å²) in [5, 5.41) is 3.13. The van der Waals surface area contributed by atoms with Gasteiger partial charge in [-0.15, -0.1) is 0 Å². The largest absolute Gasteiger partial charge is 0.483 e. The van der Waals surface area contributed by atoms with Gasteiger partial charge in [-0.2, -0.15) is 0 Å². The predicted molar refractivity (Wildman–Crippen MR) is 119 cm³/mol. The fourth-order valence-corrected chi connectivity index (χ4v) is 3.52. The average molecular weight is 482 g/mol. The Kier molecular flexibility index (Phi) is 8.53. The summed E-state index contributed by atoms with van der Waals surface area (Å²) in [4.78, 5) is 26.6. The quantitative estimate of drug-likeness (QED) is 0.591. The molecule has 5 nitrogen and oxygen atoms in total. The van der Waals surface area contributed by atoms with Crippen LogP contribution in [0.1, 0.15) is 37.8 Å². The van der Waals surface area contributed by atoms with Gasteiger partial charge in [0.05, 0.1) is 4.47 Å². The van der Waals surface area contributed by atoms with Crippen LogP contribution in [-0.2, 0) is 16.1 Å². The van der Waals surface area contributed by atoms with Crippen LogP contribution in [0, 0.1) is 0 Å². The number of carbonyl (C=O) groups is 2. The van der Waals surface area contributed by atoms with E-state index in [9.17, 15) is 9.59 Å². The minimum atomic E-state index is -0.667. The number of nitrogens with zero attached hydrogens (tertiary/aromatic N) is 1. The first kappa shape index (κ1) is 23.2. The van der Waals surface area contributed by atoms with Crippen molar-refractivity contribution in [2.24, 2.45) is 0 Å². The summed E-state index contributed by atoms with van der Waals surface area (Å²) < 4.78 is 6.53. The molecule has 0 heterocycles. The lowest BCUT2D eigenvalue weighted by Gasteiger charge is -2.28. The van der Waals surface area contributed by atoms with Crippen molar-refractivity contribution in [1.82, 2.24) is 10.2 Å². The van der Waals surface area contributed by atoms with Crippen LogP contribution < -0.4 is 10.1 Å². The molecule has 2 amide bonds.